The first-order chi connectivity index (χ1) is 13.4. The molecule has 1 aliphatic rings. The third-order valence-electron chi connectivity index (χ3n) is 5.25. The van der Waals surface area contributed by atoms with E-state index in [0.29, 0.717) is 11.6 Å². The van der Waals surface area contributed by atoms with Crippen LogP contribution in [0, 0.1) is 13.8 Å². The Morgan fingerprint density at radius 3 is 2.50 bits per heavy atom. The average molecular weight is 398 g/mol. The molecule has 28 heavy (non-hydrogen) atoms. The monoisotopic (exact) mass is 397 g/mol. The average Bonchev–Trinajstić information content (AvgIpc) is 3.32. The van der Waals surface area contributed by atoms with E-state index in [1.54, 1.807) is 6.20 Å². The van der Waals surface area contributed by atoms with Crippen molar-refractivity contribution in [3.05, 3.63) is 58.9 Å². The molecule has 146 valence electrons. The molecule has 1 atom stereocenters. The lowest BCUT2D eigenvalue weighted by Gasteiger charge is -2.20. The van der Waals surface area contributed by atoms with Crippen molar-refractivity contribution in [1.82, 2.24) is 19.3 Å². The van der Waals surface area contributed by atoms with E-state index in [0.717, 1.165) is 35.0 Å². The number of imidazole rings is 1. The quantitative estimate of drug-likeness (QED) is 0.653. The van der Waals surface area contributed by atoms with Gasteiger partial charge in [0.2, 0.25) is 5.91 Å². The molecule has 0 spiro atoms. The summed E-state index contributed by atoms with van der Waals surface area (Å²) in [5, 5.41) is 5.28. The largest absolute Gasteiger partial charge is 0.322 e. The van der Waals surface area contributed by atoms with Gasteiger partial charge in [-0.2, -0.15) is 5.10 Å². The van der Waals surface area contributed by atoms with Crippen LogP contribution in [0.4, 0.5) is 5.69 Å². The highest BCUT2D eigenvalue weighted by Crippen LogP contribution is 2.35. The molecule has 0 unspecified atom stereocenters. The molecule has 4 rings (SSSR count). The van der Waals surface area contributed by atoms with Crippen LogP contribution in [-0.2, 0) is 4.79 Å². The van der Waals surface area contributed by atoms with Gasteiger partial charge in [-0.1, -0.05) is 25.4 Å². The van der Waals surface area contributed by atoms with Crippen LogP contribution in [-0.4, -0.2) is 31.8 Å². The second-order valence-corrected chi connectivity index (χ2v) is 8.03. The summed E-state index contributed by atoms with van der Waals surface area (Å²) in [5.74, 6) is 1.17. The summed E-state index contributed by atoms with van der Waals surface area (Å²) in [5.41, 5.74) is 3.77. The Bertz CT molecular complexity index is 1020. The minimum absolute atomic E-state index is 0.0954. The maximum Gasteiger partial charge on any atom is 0.250 e. The number of halogens is 1. The molecule has 0 N–H and O–H groups in total. The van der Waals surface area contributed by atoms with Crippen molar-refractivity contribution >= 4 is 23.2 Å². The van der Waals surface area contributed by atoms with E-state index < -0.39 is 0 Å². The van der Waals surface area contributed by atoms with Crippen LogP contribution in [0.3, 0.4) is 0 Å². The van der Waals surface area contributed by atoms with E-state index in [1.807, 2.05) is 58.5 Å². The SMILES string of the molecule is Cc1cn([C@H]2CCN(c3cnn(-c4ccc(Cl)cc4)c3C(C)C)C2=O)c(C)n1. The molecule has 0 radical (unpaired) electrons. The Morgan fingerprint density at radius 1 is 1.18 bits per heavy atom. The normalized spacial score (nSPS) is 17.1. The molecule has 7 heteroatoms. The Kier molecular flexibility index (Phi) is 4.75. The van der Waals surface area contributed by atoms with Gasteiger partial charge in [0.05, 0.1) is 29.0 Å². The molecule has 0 saturated carbocycles. The first-order valence-corrected chi connectivity index (χ1v) is 9.92. The molecule has 2 aromatic heterocycles. The number of carbonyl (C=O) groups is 1. The number of hydrogen-bond donors (Lipinski definition) is 0. The van der Waals surface area contributed by atoms with E-state index in [1.165, 1.54) is 0 Å². The highest BCUT2D eigenvalue weighted by Gasteiger charge is 2.37. The number of nitrogens with zero attached hydrogens (tertiary/aromatic N) is 5. The number of amides is 1. The second kappa shape index (κ2) is 7.09. The number of rotatable bonds is 4. The highest BCUT2D eigenvalue weighted by atomic mass is 35.5. The molecule has 1 amide bonds. The zero-order valence-electron chi connectivity index (χ0n) is 16.6. The topological polar surface area (TPSA) is 56.0 Å². The van der Waals surface area contributed by atoms with Gasteiger partial charge in [0.1, 0.15) is 11.9 Å². The molecule has 0 bridgehead atoms. The highest BCUT2D eigenvalue weighted by molar-refractivity contribution is 6.30. The minimum atomic E-state index is -0.208. The van der Waals surface area contributed by atoms with Gasteiger partial charge in [0.25, 0.3) is 0 Å². The molecular weight excluding hydrogens is 374 g/mol. The smallest absolute Gasteiger partial charge is 0.250 e. The summed E-state index contributed by atoms with van der Waals surface area (Å²) < 4.78 is 3.90. The third-order valence-corrected chi connectivity index (χ3v) is 5.50. The first kappa shape index (κ1) is 18.7. The Morgan fingerprint density at radius 2 is 1.89 bits per heavy atom. The molecule has 1 aliphatic heterocycles. The Hall–Kier alpha value is -2.60. The maximum atomic E-state index is 13.3. The fourth-order valence-electron chi connectivity index (χ4n) is 4.00. The zero-order chi connectivity index (χ0) is 20.0. The van der Waals surface area contributed by atoms with Crippen LogP contribution in [0.5, 0.6) is 0 Å². The van der Waals surface area contributed by atoms with Gasteiger partial charge in [-0.15, -0.1) is 0 Å². The first-order valence-electron chi connectivity index (χ1n) is 9.54. The summed E-state index contributed by atoms with van der Waals surface area (Å²) in [7, 11) is 0. The van der Waals surface area contributed by atoms with Crippen molar-refractivity contribution in [3.8, 4) is 5.69 Å². The van der Waals surface area contributed by atoms with E-state index in [9.17, 15) is 4.79 Å². The second-order valence-electron chi connectivity index (χ2n) is 7.59. The molecule has 1 aromatic carbocycles. The van der Waals surface area contributed by atoms with Crippen molar-refractivity contribution in [1.29, 1.82) is 0 Å². The minimum Gasteiger partial charge on any atom is -0.322 e. The van der Waals surface area contributed by atoms with Crippen LogP contribution in [0.25, 0.3) is 5.69 Å². The number of aryl methyl sites for hydroxylation is 2. The third kappa shape index (κ3) is 3.11. The van der Waals surface area contributed by atoms with Crippen molar-refractivity contribution in [2.45, 2.75) is 46.1 Å². The molecule has 1 fully saturated rings. The number of benzene rings is 1. The predicted octanol–water partition coefficient (Wildman–Crippen LogP) is 4.44. The molecule has 3 aromatic rings. The van der Waals surface area contributed by atoms with Gasteiger partial charge in [-0.25, -0.2) is 9.67 Å². The number of aromatic nitrogens is 4. The fraction of sp³-hybridized carbons (Fsp3) is 0.381. The van der Waals surface area contributed by atoms with Gasteiger partial charge in [-0.3, -0.25) is 4.79 Å². The fourth-order valence-corrected chi connectivity index (χ4v) is 4.13. The molecule has 6 nitrogen and oxygen atoms in total. The maximum absolute atomic E-state index is 13.3. The van der Waals surface area contributed by atoms with Crippen molar-refractivity contribution in [2.75, 3.05) is 11.4 Å². The molecule has 0 aliphatic carbocycles. The van der Waals surface area contributed by atoms with E-state index in [2.05, 4.69) is 23.9 Å². The van der Waals surface area contributed by atoms with Gasteiger partial charge < -0.3 is 9.47 Å². The zero-order valence-corrected chi connectivity index (χ0v) is 17.3. The molecular formula is C21H24ClN5O. The molecule has 3 heterocycles. The van der Waals surface area contributed by atoms with Crippen LogP contribution >= 0.6 is 11.6 Å². The summed E-state index contributed by atoms with van der Waals surface area (Å²) in [6.45, 7) is 8.81. The van der Waals surface area contributed by atoms with E-state index in [-0.39, 0.29) is 17.9 Å². The predicted molar refractivity (Wildman–Crippen MR) is 110 cm³/mol. The number of anilines is 1. The summed E-state index contributed by atoms with van der Waals surface area (Å²) in [6.07, 6.45) is 4.53. The Balaban J connectivity index is 1.71. The van der Waals surface area contributed by atoms with Gasteiger partial charge in [0, 0.05) is 17.8 Å². The van der Waals surface area contributed by atoms with Crippen LogP contribution in [0.15, 0.2) is 36.7 Å². The van der Waals surface area contributed by atoms with Crippen molar-refractivity contribution in [3.63, 3.8) is 0 Å². The lowest BCUT2D eigenvalue weighted by Crippen LogP contribution is -2.29. The van der Waals surface area contributed by atoms with Crippen LogP contribution in [0.2, 0.25) is 5.02 Å². The lowest BCUT2D eigenvalue weighted by molar-refractivity contribution is -0.119. The summed E-state index contributed by atoms with van der Waals surface area (Å²) >= 11 is 6.03. The van der Waals surface area contributed by atoms with Crippen molar-refractivity contribution < 1.29 is 4.79 Å². The van der Waals surface area contributed by atoms with E-state index in [4.69, 9.17) is 11.6 Å². The number of carbonyl (C=O) groups excluding carboxylic acids is 1. The van der Waals surface area contributed by atoms with E-state index >= 15 is 0 Å². The molecule has 1 saturated heterocycles. The van der Waals surface area contributed by atoms with Gasteiger partial charge in [-0.05, 0) is 50.5 Å². The van der Waals surface area contributed by atoms with Crippen LogP contribution in [0.1, 0.15) is 49.4 Å². The van der Waals surface area contributed by atoms with Crippen molar-refractivity contribution in [2.24, 2.45) is 0 Å². The summed E-state index contributed by atoms with van der Waals surface area (Å²) in [6, 6.07) is 7.38. The standard InChI is InChI=1S/C21H24ClN5O/c1-13(2)20-19(11-23-27(20)17-7-5-16(22)6-8-17)25-10-9-18(21(25)28)26-12-14(3)24-15(26)4/h5-8,11-13,18H,9-10H2,1-4H3/t18-/m0/s1. The van der Waals surface area contributed by atoms with Crippen LogP contribution < -0.4 is 4.90 Å². The van der Waals surface area contributed by atoms with Gasteiger partial charge in [0.15, 0.2) is 0 Å². The number of hydrogen-bond acceptors (Lipinski definition) is 3. The van der Waals surface area contributed by atoms with Gasteiger partial charge >= 0.3 is 0 Å². The summed E-state index contributed by atoms with van der Waals surface area (Å²) in [4.78, 5) is 19.6. The Labute approximate surface area is 169 Å². The lowest BCUT2D eigenvalue weighted by atomic mass is 10.1.